The molecule has 4 nitrogen and oxygen atoms in total. The van der Waals surface area contributed by atoms with E-state index in [0.717, 1.165) is 5.52 Å². The number of hydrogen-bond acceptors (Lipinski definition) is 2. The molecule has 0 aliphatic heterocycles. The second-order valence-corrected chi connectivity index (χ2v) is 4.47. The standard InChI is InChI=1S/C12H14FN3OS/c1-3-15(2)11(17)7-16-10-6-8(13)4-5-9(10)14-12(16)18/h4-6H,3,7H2,1-2H3,(H,14,18). The second kappa shape index (κ2) is 4.89. The van der Waals surface area contributed by atoms with Gasteiger partial charge in [0.25, 0.3) is 0 Å². The van der Waals surface area contributed by atoms with Gasteiger partial charge in [-0.1, -0.05) is 0 Å². The first-order valence-electron chi connectivity index (χ1n) is 5.65. The molecule has 0 fully saturated rings. The van der Waals surface area contributed by atoms with Gasteiger partial charge in [-0.05, 0) is 37.3 Å². The van der Waals surface area contributed by atoms with Gasteiger partial charge in [0.05, 0.1) is 11.0 Å². The van der Waals surface area contributed by atoms with Crippen LogP contribution in [0.3, 0.4) is 0 Å². The lowest BCUT2D eigenvalue weighted by Crippen LogP contribution is -2.29. The molecule has 96 valence electrons. The number of amides is 1. The van der Waals surface area contributed by atoms with E-state index in [1.165, 1.54) is 12.1 Å². The highest BCUT2D eigenvalue weighted by Crippen LogP contribution is 2.15. The van der Waals surface area contributed by atoms with E-state index in [4.69, 9.17) is 12.2 Å². The van der Waals surface area contributed by atoms with Crippen LogP contribution in [-0.4, -0.2) is 34.0 Å². The van der Waals surface area contributed by atoms with Gasteiger partial charge in [-0.25, -0.2) is 4.39 Å². The molecule has 1 heterocycles. The summed E-state index contributed by atoms with van der Waals surface area (Å²) in [5.74, 6) is -0.402. The van der Waals surface area contributed by atoms with Crippen LogP contribution in [0.4, 0.5) is 4.39 Å². The fraction of sp³-hybridized carbons (Fsp3) is 0.333. The Hall–Kier alpha value is -1.69. The first kappa shape index (κ1) is 12.8. The third kappa shape index (κ3) is 2.28. The SMILES string of the molecule is CCN(C)C(=O)Cn1c(=S)[nH]c2ccc(F)cc21. The summed E-state index contributed by atoms with van der Waals surface area (Å²) >= 11 is 5.15. The van der Waals surface area contributed by atoms with E-state index in [-0.39, 0.29) is 18.3 Å². The van der Waals surface area contributed by atoms with Gasteiger partial charge in [0, 0.05) is 13.6 Å². The molecule has 1 aromatic carbocycles. The van der Waals surface area contributed by atoms with Gasteiger partial charge in [0.15, 0.2) is 4.77 Å². The van der Waals surface area contributed by atoms with E-state index < -0.39 is 0 Å². The summed E-state index contributed by atoms with van der Waals surface area (Å²) in [7, 11) is 1.72. The van der Waals surface area contributed by atoms with Crippen LogP contribution in [-0.2, 0) is 11.3 Å². The van der Waals surface area contributed by atoms with Gasteiger partial charge in [-0.3, -0.25) is 4.79 Å². The first-order chi connectivity index (χ1) is 8.52. The lowest BCUT2D eigenvalue weighted by atomic mass is 10.3. The zero-order chi connectivity index (χ0) is 13.3. The van der Waals surface area contributed by atoms with Crippen LogP contribution in [0.2, 0.25) is 0 Å². The van der Waals surface area contributed by atoms with Crippen LogP contribution in [0.1, 0.15) is 6.92 Å². The maximum Gasteiger partial charge on any atom is 0.242 e. The summed E-state index contributed by atoms with van der Waals surface area (Å²) in [6, 6.07) is 4.35. The van der Waals surface area contributed by atoms with Crippen LogP contribution >= 0.6 is 12.2 Å². The highest BCUT2D eigenvalue weighted by molar-refractivity contribution is 7.71. The Bertz CT molecular complexity index is 646. The van der Waals surface area contributed by atoms with Crippen molar-refractivity contribution < 1.29 is 9.18 Å². The van der Waals surface area contributed by atoms with E-state index in [2.05, 4.69) is 4.98 Å². The number of benzene rings is 1. The average Bonchev–Trinajstić information content (AvgIpc) is 2.65. The van der Waals surface area contributed by atoms with E-state index in [1.54, 1.807) is 22.6 Å². The number of imidazole rings is 1. The summed E-state index contributed by atoms with van der Waals surface area (Å²) in [6.45, 7) is 2.64. The number of aromatic amines is 1. The molecule has 0 aliphatic carbocycles. The molecule has 0 saturated heterocycles. The third-order valence-corrected chi connectivity index (χ3v) is 3.25. The fourth-order valence-electron chi connectivity index (χ4n) is 1.72. The molecule has 0 bridgehead atoms. The van der Waals surface area contributed by atoms with Crippen molar-refractivity contribution in [3.05, 3.63) is 28.8 Å². The number of H-pyrrole nitrogens is 1. The number of hydrogen-bond donors (Lipinski definition) is 1. The lowest BCUT2D eigenvalue weighted by Gasteiger charge is -2.14. The van der Waals surface area contributed by atoms with E-state index in [9.17, 15) is 9.18 Å². The van der Waals surface area contributed by atoms with Gasteiger partial charge in [-0.2, -0.15) is 0 Å². The summed E-state index contributed by atoms with van der Waals surface area (Å²) < 4.78 is 15.3. The Labute approximate surface area is 109 Å². The minimum absolute atomic E-state index is 0.0567. The largest absolute Gasteiger partial charge is 0.344 e. The van der Waals surface area contributed by atoms with Crippen molar-refractivity contribution >= 4 is 29.2 Å². The number of nitrogens with one attached hydrogen (secondary N) is 1. The molecular weight excluding hydrogens is 253 g/mol. The zero-order valence-corrected chi connectivity index (χ0v) is 11.1. The van der Waals surface area contributed by atoms with Gasteiger partial charge >= 0.3 is 0 Å². The van der Waals surface area contributed by atoms with Crippen molar-refractivity contribution in [1.29, 1.82) is 0 Å². The quantitative estimate of drug-likeness (QED) is 0.867. The number of carbonyl (C=O) groups is 1. The molecule has 0 atom stereocenters. The molecule has 6 heteroatoms. The molecule has 1 N–H and O–H groups in total. The van der Waals surface area contributed by atoms with Crippen molar-refractivity contribution in [2.45, 2.75) is 13.5 Å². The predicted molar refractivity (Wildman–Crippen MR) is 70.4 cm³/mol. The number of halogens is 1. The lowest BCUT2D eigenvalue weighted by molar-refractivity contribution is -0.130. The molecule has 2 rings (SSSR count). The predicted octanol–water partition coefficient (Wildman–Crippen LogP) is 2.32. The normalized spacial score (nSPS) is 10.8. The molecule has 0 radical (unpaired) electrons. The maximum atomic E-state index is 13.2. The second-order valence-electron chi connectivity index (χ2n) is 4.09. The van der Waals surface area contributed by atoms with Crippen molar-refractivity contribution in [2.24, 2.45) is 0 Å². The van der Waals surface area contributed by atoms with Crippen LogP contribution in [0, 0.1) is 10.6 Å². The topological polar surface area (TPSA) is 41.0 Å². The molecule has 1 amide bonds. The van der Waals surface area contributed by atoms with Gasteiger partial charge in [-0.15, -0.1) is 0 Å². The summed E-state index contributed by atoms with van der Waals surface area (Å²) in [6.07, 6.45) is 0. The highest BCUT2D eigenvalue weighted by Gasteiger charge is 2.12. The molecule has 1 aromatic heterocycles. The maximum absolute atomic E-state index is 13.2. The molecule has 18 heavy (non-hydrogen) atoms. The number of fused-ring (bicyclic) bond motifs is 1. The monoisotopic (exact) mass is 267 g/mol. The van der Waals surface area contributed by atoms with Crippen LogP contribution < -0.4 is 0 Å². The first-order valence-corrected chi connectivity index (χ1v) is 6.05. The Kier molecular flexibility index (Phi) is 3.47. The summed E-state index contributed by atoms with van der Waals surface area (Å²) in [5, 5.41) is 0. The molecular formula is C12H14FN3OS. The van der Waals surface area contributed by atoms with Crippen molar-refractivity contribution in [2.75, 3.05) is 13.6 Å². The van der Waals surface area contributed by atoms with Crippen molar-refractivity contribution in [1.82, 2.24) is 14.5 Å². The van der Waals surface area contributed by atoms with E-state index >= 15 is 0 Å². The van der Waals surface area contributed by atoms with Gasteiger partial charge < -0.3 is 14.5 Å². The molecule has 2 aromatic rings. The minimum atomic E-state index is -0.346. The minimum Gasteiger partial charge on any atom is -0.344 e. The van der Waals surface area contributed by atoms with Crippen LogP contribution in [0.15, 0.2) is 18.2 Å². The molecule has 0 aliphatic rings. The Morgan fingerprint density at radius 1 is 1.56 bits per heavy atom. The molecule has 0 spiro atoms. The van der Waals surface area contributed by atoms with Crippen LogP contribution in [0.5, 0.6) is 0 Å². The third-order valence-electron chi connectivity index (χ3n) is 2.93. The molecule has 0 saturated carbocycles. The Balaban J connectivity index is 2.44. The summed E-state index contributed by atoms with van der Waals surface area (Å²) in [5.41, 5.74) is 1.34. The van der Waals surface area contributed by atoms with Crippen molar-refractivity contribution in [3.8, 4) is 0 Å². The summed E-state index contributed by atoms with van der Waals surface area (Å²) in [4.78, 5) is 16.4. The van der Waals surface area contributed by atoms with E-state index in [0.29, 0.717) is 16.8 Å². The average molecular weight is 267 g/mol. The van der Waals surface area contributed by atoms with Gasteiger partial charge in [0.1, 0.15) is 12.4 Å². The number of nitrogens with zero attached hydrogens (tertiary/aromatic N) is 2. The number of carbonyl (C=O) groups excluding carboxylic acids is 1. The van der Waals surface area contributed by atoms with E-state index in [1.807, 2.05) is 6.92 Å². The molecule has 0 unspecified atom stereocenters. The smallest absolute Gasteiger partial charge is 0.242 e. The highest BCUT2D eigenvalue weighted by atomic mass is 32.1. The van der Waals surface area contributed by atoms with Gasteiger partial charge in [0.2, 0.25) is 5.91 Å². The number of likely N-dealkylation sites (N-methyl/N-ethyl adjacent to an activating group) is 1. The number of rotatable bonds is 3. The number of aromatic nitrogens is 2. The van der Waals surface area contributed by atoms with Crippen LogP contribution in [0.25, 0.3) is 11.0 Å². The fourth-order valence-corrected chi connectivity index (χ4v) is 1.99. The Morgan fingerprint density at radius 2 is 2.28 bits per heavy atom. The zero-order valence-electron chi connectivity index (χ0n) is 10.2. The van der Waals surface area contributed by atoms with Crippen molar-refractivity contribution in [3.63, 3.8) is 0 Å². The Morgan fingerprint density at radius 3 is 2.94 bits per heavy atom.